The van der Waals surface area contributed by atoms with Crippen LogP contribution in [0.5, 0.6) is 0 Å². The van der Waals surface area contributed by atoms with Gasteiger partial charge in [-0.25, -0.2) is 0 Å². The fraction of sp³-hybridized carbons (Fsp3) is 0.500. The second-order valence-electron chi connectivity index (χ2n) is 7.92. The molecule has 7 heteroatoms. The molecule has 0 bridgehead atoms. The summed E-state index contributed by atoms with van der Waals surface area (Å²) in [7, 11) is 2.06. The summed E-state index contributed by atoms with van der Waals surface area (Å²) < 4.78 is 1.61. The van der Waals surface area contributed by atoms with Gasteiger partial charge in [0.15, 0.2) is 5.69 Å². The minimum absolute atomic E-state index is 0.0587. The fourth-order valence-corrected chi connectivity index (χ4v) is 3.50. The molecular formula is C22H31N5O2. The van der Waals surface area contributed by atoms with Gasteiger partial charge < -0.3 is 15.1 Å². The predicted octanol–water partition coefficient (Wildman–Crippen LogP) is 1.72. The molecule has 1 fully saturated rings. The Bertz CT molecular complexity index is 825. The van der Waals surface area contributed by atoms with Crippen LogP contribution in [0.2, 0.25) is 0 Å². The van der Waals surface area contributed by atoms with E-state index in [1.54, 1.807) is 10.7 Å². The van der Waals surface area contributed by atoms with Gasteiger partial charge in [-0.1, -0.05) is 30.3 Å². The average molecular weight is 398 g/mol. The smallest absolute Gasteiger partial charge is 0.274 e. The number of piperazine rings is 1. The maximum atomic E-state index is 12.7. The van der Waals surface area contributed by atoms with Crippen molar-refractivity contribution in [2.24, 2.45) is 0 Å². The maximum Gasteiger partial charge on any atom is 0.274 e. The quantitative estimate of drug-likeness (QED) is 0.772. The standard InChI is InChI=1S/C22H31N5O2/c1-17(9-10-19-7-5-4-6-8-19)23-21(28)16-27-18(2)15-20(24-27)22(29)26-13-11-25(3)12-14-26/h4-8,15,17H,9-14,16H2,1-3H3,(H,23,28)/t17-/m0/s1. The molecule has 1 aromatic carbocycles. The Kier molecular flexibility index (Phi) is 7.04. The van der Waals surface area contributed by atoms with E-state index in [0.29, 0.717) is 18.8 Å². The molecule has 2 heterocycles. The number of amides is 2. The Hall–Kier alpha value is -2.67. The highest BCUT2D eigenvalue weighted by Gasteiger charge is 2.23. The Balaban J connectivity index is 1.50. The van der Waals surface area contributed by atoms with Crippen LogP contribution in [-0.2, 0) is 17.8 Å². The van der Waals surface area contributed by atoms with Gasteiger partial charge in [-0.15, -0.1) is 0 Å². The number of aromatic nitrogens is 2. The summed E-state index contributed by atoms with van der Waals surface area (Å²) in [5, 5.41) is 7.43. The second-order valence-corrected chi connectivity index (χ2v) is 7.92. The number of aryl methyl sites for hydroxylation is 2. The summed E-state index contributed by atoms with van der Waals surface area (Å²) in [6, 6.07) is 12.1. The van der Waals surface area contributed by atoms with Crippen LogP contribution in [0, 0.1) is 6.92 Å². The van der Waals surface area contributed by atoms with E-state index in [0.717, 1.165) is 31.6 Å². The molecule has 7 nitrogen and oxygen atoms in total. The Morgan fingerprint density at radius 1 is 1.14 bits per heavy atom. The predicted molar refractivity (Wildman–Crippen MR) is 113 cm³/mol. The molecule has 2 amide bonds. The minimum Gasteiger partial charge on any atom is -0.352 e. The molecule has 0 saturated carbocycles. The van der Waals surface area contributed by atoms with Gasteiger partial charge in [-0.2, -0.15) is 5.10 Å². The Labute approximate surface area is 172 Å². The number of hydrogen-bond acceptors (Lipinski definition) is 4. The highest BCUT2D eigenvalue weighted by atomic mass is 16.2. The largest absolute Gasteiger partial charge is 0.352 e. The summed E-state index contributed by atoms with van der Waals surface area (Å²) in [5.74, 6) is -0.146. The van der Waals surface area contributed by atoms with Gasteiger partial charge >= 0.3 is 0 Å². The summed E-state index contributed by atoms with van der Waals surface area (Å²) in [6.07, 6.45) is 1.80. The van der Waals surface area contributed by atoms with Crippen molar-refractivity contribution in [3.8, 4) is 0 Å². The molecule has 1 N–H and O–H groups in total. The van der Waals surface area contributed by atoms with Crippen molar-refractivity contribution in [1.29, 1.82) is 0 Å². The molecule has 1 aliphatic rings. The molecule has 1 atom stereocenters. The molecule has 1 saturated heterocycles. The number of hydrogen-bond donors (Lipinski definition) is 1. The zero-order valence-electron chi connectivity index (χ0n) is 17.6. The lowest BCUT2D eigenvalue weighted by atomic mass is 10.1. The molecule has 0 aliphatic carbocycles. The van der Waals surface area contributed by atoms with Gasteiger partial charge in [0.1, 0.15) is 6.54 Å². The molecule has 29 heavy (non-hydrogen) atoms. The van der Waals surface area contributed by atoms with E-state index in [1.807, 2.05) is 36.9 Å². The van der Waals surface area contributed by atoms with Crippen LogP contribution in [0.4, 0.5) is 0 Å². The number of benzene rings is 1. The van der Waals surface area contributed by atoms with Gasteiger partial charge in [0.05, 0.1) is 0 Å². The second kappa shape index (κ2) is 9.69. The third-order valence-corrected chi connectivity index (χ3v) is 5.40. The summed E-state index contributed by atoms with van der Waals surface area (Å²) in [6.45, 7) is 7.17. The summed E-state index contributed by atoms with van der Waals surface area (Å²) in [5.41, 5.74) is 2.50. The van der Waals surface area contributed by atoms with Crippen LogP contribution in [0.25, 0.3) is 0 Å². The van der Waals surface area contributed by atoms with Crippen molar-refractivity contribution < 1.29 is 9.59 Å². The molecule has 1 aliphatic heterocycles. The number of likely N-dealkylation sites (N-methyl/N-ethyl adjacent to an activating group) is 1. The number of rotatable bonds is 7. The first-order chi connectivity index (χ1) is 13.9. The normalized spacial score (nSPS) is 15.9. The van der Waals surface area contributed by atoms with E-state index in [-0.39, 0.29) is 24.4 Å². The van der Waals surface area contributed by atoms with Crippen molar-refractivity contribution >= 4 is 11.8 Å². The van der Waals surface area contributed by atoms with Crippen molar-refractivity contribution in [2.75, 3.05) is 33.2 Å². The number of carbonyl (C=O) groups is 2. The van der Waals surface area contributed by atoms with Gasteiger partial charge in [0.2, 0.25) is 5.91 Å². The van der Waals surface area contributed by atoms with Crippen LogP contribution in [-0.4, -0.2) is 70.7 Å². The molecule has 2 aromatic rings. The molecule has 3 rings (SSSR count). The van der Waals surface area contributed by atoms with E-state index in [9.17, 15) is 9.59 Å². The van der Waals surface area contributed by atoms with Crippen molar-refractivity contribution in [3.63, 3.8) is 0 Å². The van der Waals surface area contributed by atoms with E-state index in [4.69, 9.17) is 0 Å². The van der Waals surface area contributed by atoms with E-state index < -0.39 is 0 Å². The van der Waals surface area contributed by atoms with Crippen molar-refractivity contribution in [3.05, 3.63) is 53.3 Å². The van der Waals surface area contributed by atoms with Crippen LogP contribution in [0.15, 0.2) is 36.4 Å². The van der Waals surface area contributed by atoms with Crippen LogP contribution >= 0.6 is 0 Å². The lowest BCUT2D eigenvalue weighted by molar-refractivity contribution is -0.122. The van der Waals surface area contributed by atoms with Gasteiger partial charge in [-0.05, 0) is 45.4 Å². The first kappa shape index (κ1) is 21.0. The van der Waals surface area contributed by atoms with Crippen molar-refractivity contribution in [2.45, 2.75) is 39.3 Å². The van der Waals surface area contributed by atoms with Crippen LogP contribution < -0.4 is 5.32 Å². The molecule has 0 unspecified atom stereocenters. The van der Waals surface area contributed by atoms with E-state index >= 15 is 0 Å². The van der Waals surface area contributed by atoms with Crippen molar-refractivity contribution in [1.82, 2.24) is 24.9 Å². The zero-order valence-corrected chi connectivity index (χ0v) is 17.6. The lowest BCUT2D eigenvalue weighted by Crippen LogP contribution is -2.47. The zero-order chi connectivity index (χ0) is 20.8. The highest BCUT2D eigenvalue weighted by molar-refractivity contribution is 5.92. The third-order valence-electron chi connectivity index (χ3n) is 5.40. The average Bonchev–Trinajstić information content (AvgIpc) is 3.07. The molecule has 156 valence electrons. The van der Waals surface area contributed by atoms with Gasteiger partial charge in [0, 0.05) is 37.9 Å². The number of nitrogens with zero attached hydrogens (tertiary/aromatic N) is 4. The molecule has 0 spiro atoms. The number of nitrogens with one attached hydrogen (secondary N) is 1. The first-order valence-electron chi connectivity index (χ1n) is 10.3. The Morgan fingerprint density at radius 2 is 1.83 bits per heavy atom. The number of carbonyl (C=O) groups excluding carboxylic acids is 2. The monoisotopic (exact) mass is 397 g/mol. The summed E-state index contributed by atoms with van der Waals surface area (Å²) >= 11 is 0. The van der Waals surface area contributed by atoms with Crippen LogP contribution in [0.1, 0.15) is 35.1 Å². The Morgan fingerprint density at radius 3 is 2.52 bits per heavy atom. The highest BCUT2D eigenvalue weighted by Crippen LogP contribution is 2.10. The summed E-state index contributed by atoms with van der Waals surface area (Å²) in [4.78, 5) is 29.2. The third kappa shape index (κ3) is 5.90. The molecule has 1 aromatic heterocycles. The molecular weight excluding hydrogens is 366 g/mol. The minimum atomic E-state index is -0.0876. The van der Waals surface area contributed by atoms with Crippen LogP contribution in [0.3, 0.4) is 0 Å². The fourth-order valence-electron chi connectivity index (χ4n) is 3.50. The van der Waals surface area contributed by atoms with E-state index in [2.05, 4.69) is 34.5 Å². The lowest BCUT2D eigenvalue weighted by Gasteiger charge is -2.31. The van der Waals surface area contributed by atoms with Gasteiger partial charge in [-0.3, -0.25) is 14.3 Å². The van der Waals surface area contributed by atoms with E-state index in [1.165, 1.54) is 5.56 Å². The maximum absolute atomic E-state index is 12.7. The SMILES string of the molecule is Cc1cc(C(=O)N2CCN(C)CC2)nn1CC(=O)N[C@@H](C)CCc1ccccc1. The topological polar surface area (TPSA) is 70.5 Å². The first-order valence-corrected chi connectivity index (χ1v) is 10.3. The molecule has 0 radical (unpaired) electrons. The van der Waals surface area contributed by atoms with Gasteiger partial charge in [0.25, 0.3) is 5.91 Å².